The molecule has 0 saturated heterocycles. The second kappa shape index (κ2) is 5.39. The third-order valence-electron chi connectivity index (χ3n) is 4.01. The average Bonchev–Trinajstić information content (AvgIpc) is 2.97. The van der Waals surface area contributed by atoms with Crippen LogP contribution in [0.15, 0.2) is 52.4 Å². The molecule has 0 bridgehead atoms. The fraction of sp³-hybridized carbons (Fsp3) is 0.235. The highest BCUT2D eigenvalue weighted by molar-refractivity contribution is 7.98. The number of thioether (sulfide) groups is 1. The number of nitrogens with zero attached hydrogens (tertiary/aromatic N) is 1. The van der Waals surface area contributed by atoms with Crippen LogP contribution in [0.4, 0.5) is 0 Å². The van der Waals surface area contributed by atoms with E-state index in [2.05, 4.69) is 46.7 Å². The van der Waals surface area contributed by atoms with Crippen molar-refractivity contribution < 1.29 is 0 Å². The van der Waals surface area contributed by atoms with Crippen LogP contribution in [-0.2, 0) is 5.75 Å². The minimum Gasteiger partial charge on any atom is -0.371 e. The van der Waals surface area contributed by atoms with Gasteiger partial charge in [0.25, 0.3) is 0 Å². The lowest BCUT2D eigenvalue weighted by Crippen LogP contribution is -2.27. The molecule has 2 aromatic carbocycles. The average molecular weight is 315 g/mol. The first-order valence-corrected chi connectivity index (χ1v) is 8.47. The molecule has 0 spiro atoms. The Labute approximate surface area is 133 Å². The zero-order valence-corrected chi connectivity index (χ0v) is 13.0. The number of fused-ring (bicyclic) bond motifs is 2. The third-order valence-corrected chi connectivity index (χ3v) is 5.38. The van der Waals surface area contributed by atoms with Gasteiger partial charge in [0.15, 0.2) is 0 Å². The van der Waals surface area contributed by atoms with Crippen molar-refractivity contribution in [3.8, 4) is 0 Å². The number of hydrogen-bond donors (Lipinski definition) is 1. The number of nitrogens with one attached hydrogen (secondary N) is 1. The monoisotopic (exact) mass is 314 g/mol. The molecule has 2 aromatic rings. The maximum Gasteiger partial charge on any atom is 0.109 e. The molecule has 106 valence electrons. The number of aliphatic imine (C=N–C) groups is 1. The van der Waals surface area contributed by atoms with Gasteiger partial charge in [-0.2, -0.15) is 0 Å². The van der Waals surface area contributed by atoms with Gasteiger partial charge in [0.05, 0.1) is 12.5 Å². The van der Waals surface area contributed by atoms with E-state index in [1.165, 1.54) is 21.6 Å². The van der Waals surface area contributed by atoms with Gasteiger partial charge in [0, 0.05) is 22.2 Å². The summed E-state index contributed by atoms with van der Waals surface area (Å²) in [5.41, 5.74) is 4.00. The molecule has 4 rings (SSSR count). The van der Waals surface area contributed by atoms with Gasteiger partial charge in [-0.3, -0.25) is 4.99 Å². The van der Waals surface area contributed by atoms with Crippen molar-refractivity contribution in [1.82, 2.24) is 5.32 Å². The molecule has 0 aromatic heterocycles. The van der Waals surface area contributed by atoms with Crippen LogP contribution in [0.2, 0.25) is 5.02 Å². The summed E-state index contributed by atoms with van der Waals surface area (Å²) in [5, 5.41) is 4.24. The van der Waals surface area contributed by atoms with E-state index < -0.39 is 0 Å². The van der Waals surface area contributed by atoms with Crippen molar-refractivity contribution in [2.45, 2.75) is 16.6 Å². The van der Waals surface area contributed by atoms with E-state index in [4.69, 9.17) is 11.6 Å². The van der Waals surface area contributed by atoms with Crippen LogP contribution in [0.5, 0.6) is 0 Å². The summed E-state index contributed by atoms with van der Waals surface area (Å²) in [6, 6.07) is 14.9. The van der Waals surface area contributed by atoms with Crippen molar-refractivity contribution in [1.29, 1.82) is 0 Å². The Balaban J connectivity index is 1.95. The van der Waals surface area contributed by atoms with E-state index in [1.807, 2.05) is 17.8 Å². The molecule has 2 aliphatic rings. The summed E-state index contributed by atoms with van der Waals surface area (Å²) in [6.45, 7) is 1.79. The molecule has 4 heteroatoms. The second-order valence-corrected chi connectivity index (χ2v) is 6.75. The standard InChI is InChI=1S/C17H15ClN2S/c18-12-5-6-15-14(9-12)16(17-19-7-8-20-17)13-4-2-1-3-11(13)10-21-15/h1-6,9,16H,7-8,10H2,(H,19,20)/t16-/m0/s1. The largest absolute Gasteiger partial charge is 0.371 e. The minimum absolute atomic E-state index is 0.174. The van der Waals surface area contributed by atoms with Gasteiger partial charge in [-0.15, -0.1) is 11.8 Å². The number of rotatable bonds is 1. The van der Waals surface area contributed by atoms with Gasteiger partial charge in [-0.25, -0.2) is 0 Å². The van der Waals surface area contributed by atoms with Crippen LogP contribution in [0.25, 0.3) is 0 Å². The van der Waals surface area contributed by atoms with Crippen LogP contribution in [0.3, 0.4) is 0 Å². The van der Waals surface area contributed by atoms with Crippen molar-refractivity contribution in [2.24, 2.45) is 4.99 Å². The van der Waals surface area contributed by atoms with Gasteiger partial charge in [0.2, 0.25) is 0 Å². The lowest BCUT2D eigenvalue weighted by atomic mass is 9.87. The van der Waals surface area contributed by atoms with Crippen LogP contribution in [0, 0.1) is 0 Å². The van der Waals surface area contributed by atoms with E-state index in [-0.39, 0.29) is 5.92 Å². The lowest BCUT2D eigenvalue weighted by molar-refractivity contribution is 0.926. The maximum absolute atomic E-state index is 6.26. The summed E-state index contributed by atoms with van der Waals surface area (Å²) in [4.78, 5) is 5.98. The number of benzene rings is 2. The van der Waals surface area contributed by atoms with Gasteiger partial charge in [-0.1, -0.05) is 35.9 Å². The fourth-order valence-electron chi connectivity index (χ4n) is 3.05. The number of halogens is 1. The first-order valence-electron chi connectivity index (χ1n) is 7.11. The highest BCUT2D eigenvalue weighted by Crippen LogP contribution is 2.42. The summed E-state index contributed by atoms with van der Waals surface area (Å²) in [6.07, 6.45) is 0. The Morgan fingerprint density at radius 3 is 2.90 bits per heavy atom. The van der Waals surface area contributed by atoms with E-state index >= 15 is 0 Å². The molecule has 2 aliphatic heterocycles. The molecule has 21 heavy (non-hydrogen) atoms. The molecule has 2 heterocycles. The topological polar surface area (TPSA) is 24.4 Å². The summed E-state index contributed by atoms with van der Waals surface area (Å²) in [7, 11) is 0. The third kappa shape index (κ3) is 2.34. The van der Waals surface area contributed by atoms with Crippen LogP contribution >= 0.6 is 23.4 Å². The second-order valence-electron chi connectivity index (χ2n) is 5.30. The first-order chi connectivity index (χ1) is 10.3. The van der Waals surface area contributed by atoms with E-state index in [0.717, 1.165) is 29.7 Å². The molecule has 1 atom stereocenters. The van der Waals surface area contributed by atoms with Gasteiger partial charge >= 0.3 is 0 Å². The quantitative estimate of drug-likeness (QED) is 0.857. The normalized spacial score (nSPS) is 20.0. The van der Waals surface area contributed by atoms with Crippen molar-refractivity contribution in [2.75, 3.05) is 13.1 Å². The van der Waals surface area contributed by atoms with Crippen molar-refractivity contribution in [3.63, 3.8) is 0 Å². The first kappa shape index (κ1) is 13.2. The SMILES string of the molecule is Clc1ccc2c(c1)[C@@H](C1=NCCN1)c1ccccc1CS2. The Morgan fingerprint density at radius 1 is 1.14 bits per heavy atom. The zero-order chi connectivity index (χ0) is 14.2. The molecular formula is C17H15ClN2S. The zero-order valence-electron chi connectivity index (χ0n) is 11.5. The van der Waals surface area contributed by atoms with Crippen LogP contribution in [0.1, 0.15) is 22.6 Å². The molecule has 0 saturated carbocycles. The molecule has 0 amide bonds. The lowest BCUT2D eigenvalue weighted by Gasteiger charge is -2.20. The summed E-state index contributed by atoms with van der Waals surface area (Å²) >= 11 is 8.14. The minimum atomic E-state index is 0.174. The molecule has 1 N–H and O–H groups in total. The fourth-order valence-corrected chi connectivity index (χ4v) is 4.31. The summed E-state index contributed by atoms with van der Waals surface area (Å²) < 4.78 is 0. The van der Waals surface area contributed by atoms with Crippen LogP contribution < -0.4 is 5.32 Å². The maximum atomic E-state index is 6.26. The molecular weight excluding hydrogens is 300 g/mol. The van der Waals surface area contributed by atoms with E-state index in [1.54, 1.807) is 0 Å². The Hall–Kier alpha value is -1.45. The highest BCUT2D eigenvalue weighted by Gasteiger charge is 2.29. The van der Waals surface area contributed by atoms with Gasteiger partial charge in [-0.05, 0) is 34.9 Å². The Kier molecular flexibility index (Phi) is 3.40. The van der Waals surface area contributed by atoms with Crippen LogP contribution in [-0.4, -0.2) is 18.9 Å². The predicted molar refractivity (Wildman–Crippen MR) is 89.6 cm³/mol. The molecule has 0 radical (unpaired) electrons. The van der Waals surface area contributed by atoms with Crippen molar-refractivity contribution >= 4 is 29.2 Å². The number of hydrogen-bond acceptors (Lipinski definition) is 3. The molecule has 0 fully saturated rings. The van der Waals surface area contributed by atoms with Crippen molar-refractivity contribution in [3.05, 3.63) is 64.2 Å². The van der Waals surface area contributed by atoms with E-state index in [0.29, 0.717) is 0 Å². The Bertz CT molecular complexity index is 726. The molecule has 2 nitrogen and oxygen atoms in total. The van der Waals surface area contributed by atoms with Gasteiger partial charge in [0.1, 0.15) is 5.84 Å². The molecule has 0 unspecified atom stereocenters. The summed E-state index contributed by atoms with van der Waals surface area (Å²) in [5.74, 6) is 2.25. The number of amidine groups is 1. The molecule has 0 aliphatic carbocycles. The van der Waals surface area contributed by atoms with E-state index in [9.17, 15) is 0 Å². The predicted octanol–water partition coefficient (Wildman–Crippen LogP) is 4.08. The smallest absolute Gasteiger partial charge is 0.109 e. The Morgan fingerprint density at radius 2 is 2.05 bits per heavy atom. The highest BCUT2D eigenvalue weighted by atomic mass is 35.5. The van der Waals surface area contributed by atoms with Gasteiger partial charge < -0.3 is 5.32 Å².